The maximum absolute atomic E-state index is 13.0. The van der Waals surface area contributed by atoms with Crippen molar-refractivity contribution in [1.29, 1.82) is 0 Å². The fourth-order valence-corrected chi connectivity index (χ4v) is 5.00. The number of nitrogens with one attached hydrogen (secondary N) is 1. The minimum absolute atomic E-state index is 0.138. The van der Waals surface area contributed by atoms with Crippen molar-refractivity contribution in [2.45, 2.75) is 33.2 Å². The highest BCUT2D eigenvalue weighted by Gasteiger charge is 2.41. The SMILES string of the molecule is COC(=O)C1=C(C)N=C2SC=C(CC(=O)Nc3ccc(C)c(C)c3)N2C1c1ccc(OC)cc1. The summed E-state index contributed by atoms with van der Waals surface area (Å²) in [7, 11) is 2.97. The van der Waals surface area contributed by atoms with E-state index in [9.17, 15) is 9.59 Å². The van der Waals surface area contributed by atoms with Crippen molar-refractivity contribution >= 4 is 34.5 Å². The number of esters is 1. The summed E-state index contributed by atoms with van der Waals surface area (Å²) < 4.78 is 10.4. The Hall–Kier alpha value is -3.52. The number of anilines is 1. The van der Waals surface area contributed by atoms with Crippen molar-refractivity contribution in [3.8, 4) is 5.75 Å². The summed E-state index contributed by atoms with van der Waals surface area (Å²) in [6.07, 6.45) is 0.138. The molecule has 0 saturated heterocycles. The quantitative estimate of drug-likeness (QED) is 0.584. The number of thioether (sulfide) groups is 1. The number of nitrogens with zero attached hydrogens (tertiary/aromatic N) is 2. The number of amides is 1. The van der Waals surface area contributed by atoms with Gasteiger partial charge in [0.1, 0.15) is 5.75 Å². The zero-order chi connectivity index (χ0) is 24.4. The minimum Gasteiger partial charge on any atom is -0.497 e. The van der Waals surface area contributed by atoms with Gasteiger partial charge in [0.15, 0.2) is 5.17 Å². The number of allylic oxidation sites excluding steroid dienone is 1. The van der Waals surface area contributed by atoms with Crippen LogP contribution in [0.4, 0.5) is 5.69 Å². The van der Waals surface area contributed by atoms with E-state index in [-0.39, 0.29) is 12.3 Å². The number of aliphatic imine (C=N–C) groups is 1. The van der Waals surface area contributed by atoms with Crippen LogP contribution in [0.1, 0.15) is 36.1 Å². The normalized spacial score (nSPS) is 17.1. The van der Waals surface area contributed by atoms with Crippen LogP contribution in [0.2, 0.25) is 0 Å². The third-order valence-corrected chi connectivity index (χ3v) is 6.86. The van der Waals surface area contributed by atoms with E-state index in [1.807, 2.05) is 66.6 Å². The molecule has 2 aromatic carbocycles. The zero-order valence-corrected chi connectivity index (χ0v) is 20.7. The second-order valence-corrected chi connectivity index (χ2v) is 9.02. The Kier molecular flexibility index (Phi) is 6.79. The monoisotopic (exact) mass is 477 g/mol. The van der Waals surface area contributed by atoms with Crippen molar-refractivity contribution in [1.82, 2.24) is 4.90 Å². The van der Waals surface area contributed by atoms with Gasteiger partial charge in [0, 0.05) is 11.4 Å². The number of hydrogen-bond acceptors (Lipinski definition) is 7. The summed E-state index contributed by atoms with van der Waals surface area (Å²) in [4.78, 5) is 32.3. The molecule has 0 spiro atoms. The Bertz CT molecular complexity index is 1230. The number of fused-ring (bicyclic) bond motifs is 1. The molecule has 2 aliphatic rings. The highest BCUT2D eigenvalue weighted by molar-refractivity contribution is 8.16. The lowest BCUT2D eigenvalue weighted by atomic mass is 9.94. The largest absolute Gasteiger partial charge is 0.497 e. The van der Waals surface area contributed by atoms with Crippen LogP contribution in [0.25, 0.3) is 0 Å². The fraction of sp³-hybridized carbons (Fsp3) is 0.269. The molecule has 2 heterocycles. The Morgan fingerprint density at radius 1 is 1.06 bits per heavy atom. The predicted octanol–water partition coefficient (Wildman–Crippen LogP) is 5.09. The fourth-order valence-electron chi connectivity index (χ4n) is 4.03. The first-order valence-electron chi connectivity index (χ1n) is 10.9. The summed E-state index contributed by atoms with van der Waals surface area (Å²) in [5, 5.41) is 5.62. The van der Waals surface area contributed by atoms with Gasteiger partial charge in [-0.2, -0.15) is 0 Å². The van der Waals surface area contributed by atoms with E-state index < -0.39 is 12.0 Å². The second kappa shape index (κ2) is 9.77. The molecule has 0 fully saturated rings. The van der Waals surface area contributed by atoms with Gasteiger partial charge >= 0.3 is 5.97 Å². The van der Waals surface area contributed by atoms with Gasteiger partial charge in [-0.25, -0.2) is 9.79 Å². The van der Waals surface area contributed by atoms with E-state index in [1.165, 1.54) is 24.4 Å². The molecule has 1 atom stereocenters. The Balaban J connectivity index is 1.64. The van der Waals surface area contributed by atoms with Crippen LogP contribution in [0.3, 0.4) is 0 Å². The molecule has 8 heteroatoms. The molecule has 2 aliphatic heterocycles. The molecule has 7 nitrogen and oxygen atoms in total. The molecule has 1 unspecified atom stereocenters. The van der Waals surface area contributed by atoms with E-state index in [1.54, 1.807) is 14.0 Å². The summed E-state index contributed by atoms with van der Waals surface area (Å²) in [6, 6.07) is 12.9. The summed E-state index contributed by atoms with van der Waals surface area (Å²) >= 11 is 1.44. The number of ether oxygens (including phenoxy) is 2. The van der Waals surface area contributed by atoms with E-state index in [4.69, 9.17) is 9.47 Å². The third kappa shape index (κ3) is 4.59. The third-order valence-electron chi connectivity index (χ3n) is 5.97. The van der Waals surface area contributed by atoms with Gasteiger partial charge in [0.2, 0.25) is 5.91 Å². The first-order valence-corrected chi connectivity index (χ1v) is 11.7. The molecule has 2 aromatic rings. The molecule has 0 aromatic heterocycles. The van der Waals surface area contributed by atoms with E-state index in [0.717, 1.165) is 27.7 Å². The Morgan fingerprint density at radius 2 is 1.79 bits per heavy atom. The van der Waals surface area contributed by atoms with Gasteiger partial charge in [0.05, 0.1) is 38.0 Å². The maximum Gasteiger partial charge on any atom is 0.338 e. The minimum atomic E-state index is -0.471. The topological polar surface area (TPSA) is 80.2 Å². The van der Waals surface area contributed by atoms with Crippen molar-refractivity contribution in [3.05, 3.63) is 81.5 Å². The number of carbonyl (C=O) groups excluding carboxylic acids is 2. The Labute approximate surface area is 203 Å². The maximum atomic E-state index is 13.0. The van der Waals surface area contributed by atoms with Crippen LogP contribution in [0, 0.1) is 13.8 Å². The first kappa shape index (κ1) is 23.6. The molecule has 0 aliphatic carbocycles. The number of carbonyl (C=O) groups is 2. The molecular weight excluding hydrogens is 450 g/mol. The highest BCUT2D eigenvalue weighted by Crippen LogP contribution is 2.45. The van der Waals surface area contributed by atoms with Crippen molar-refractivity contribution in [2.24, 2.45) is 4.99 Å². The van der Waals surface area contributed by atoms with Crippen LogP contribution in [0.15, 0.2) is 69.8 Å². The number of methoxy groups -OCH3 is 2. The van der Waals surface area contributed by atoms with Crippen molar-refractivity contribution < 1.29 is 19.1 Å². The van der Waals surface area contributed by atoms with E-state index in [0.29, 0.717) is 17.0 Å². The molecule has 176 valence electrons. The molecule has 34 heavy (non-hydrogen) atoms. The predicted molar refractivity (Wildman–Crippen MR) is 135 cm³/mol. The van der Waals surface area contributed by atoms with Crippen LogP contribution in [0.5, 0.6) is 5.75 Å². The average Bonchev–Trinajstić information content (AvgIpc) is 3.21. The van der Waals surface area contributed by atoms with Crippen LogP contribution >= 0.6 is 11.8 Å². The second-order valence-electron chi connectivity index (χ2n) is 8.18. The summed E-state index contributed by atoms with van der Waals surface area (Å²) in [5.41, 5.74) is 5.71. The van der Waals surface area contributed by atoms with E-state index in [2.05, 4.69) is 10.3 Å². The lowest BCUT2D eigenvalue weighted by Crippen LogP contribution is -2.37. The van der Waals surface area contributed by atoms with Crippen LogP contribution < -0.4 is 10.1 Å². The molecule has 0 saturated carbocycles. The summed E-state index contributed by atoms with van der Waals surface area (Å²) in [6.45, 7) is 5.85. The lowest BCUT2D eigenvalue weighted by molar-refractivity contribution is -0.136. The highest BCUT2D eigenvalue weighted by atomic mass is 32.2. The number of amidine groups is 1. The molecule has 1 amide bonds. The molecule has 0 bridgehead atoms. The van der Waals surface area contributed by atoms with Gasteiger partial charge in [0.25, 0.3) is 0 Å². The molecule has 4 rings (SSSR count). The molecular formula is C26H27N3O4S. The van der Waals surface area contributed by atoms with Gasteiger partial charge in [-0.15, -0.1) is 0 Å². The molecule has 0 radical (unpaired) electrons. The molecule has 1 N–H and O–H groups in total. The first-order chi connectivity index (χ1) is 16.3. The number of benzene rings is 2. The van der Waals surface area contributed by atoms with Gasteiger partial charge in [-0.3, -0.25) is 4.79 Å². The number of hydrogen-bond donors (Lipinski definition) is 1. The van der Waals surface area contributed by atoms with Crippen LogP contribution in [-0.2, 0) is 14.3 Å². The summed E-state index contributed by atoms with van der Waals surface area (Å²) in [5.74, 6) is 0.126. The van der Waals surface area contributed by atoms with Gasteiger partial charge in [-0.1, -0.05) is 30.0 Å². The standard InChI is InChI=1S/C26H27N3O4S/c1-15-6-9-19(12-16(15)2)28-22(30)13-20-14-34-26-27-17(3)23(25(31)33-5)24(29(20)26)18-7-10-21(32-4)11-8-18/h6-12,14,24H,13H2,1-5H3,(H,28,30). The van der Waals surface area contributed by atoms with Gasteiger partial charge < -0.3 is 19.7 Å². The number of rotatable bonds is 6. The average molecular weight is 478 g/mol. The van der Waals surface area contributed by atoms with Gasteiger partial charge in [-0.05, 0) is 67.1 Å². The lowest BCUT2D eigenvalue weighted by Gasteiger charge is -2.36. The van der Waals surface area contributed by atoms with Crippen LogP contribution in [-0.4, -0.2) is 36.2 Å². The van der Waals surface area contributed by atoms with E-state index >= 15 is 0 Å². The number of aryl methyl sites for hydroxylation is 2. The Morgan fingerprint density at radius 3 is 2.44 bits per heavy atom. The zero-order valence-electron chi connectivity index (χ0n) is 19.8. The smallest absolute Gasteiger partial charge is 0.338 e. The van der Waals surface area contributed by atoms with Crippen molar-refractivity contribution in [3.63, 3.8) is 0 Å². The van der Waals surface area contributed by atoms with Crippen molar-refractivity contribution in [2.75, 3.05) is 19.5 Å².